The molecule has 0 bridgehead atoms. The van der Waals surface area contributed by atoms with Crippen molar-refractivity contribution in [2.75, 3.05) is 38.0 Å². The third-order valence-corrected chi connectivity index (χ3v) is 4.06. The van der Waals surface area contributed by atoms with Gasteiger partial charge in [0.15, 0.2) is 5.52 Å². The molecule has 22 heavy (non-hydrogen) atoms. The lowest BCUT2D eigenvalue weighted by Gasteiger charge is -2.36. The molecule has 1 aromatic heterocycles. The molecule has 0 spiro atoms. The van der Waals surface area contributed by atoms with Gasteiger partial charge in [0.05, 0.1) is 12.2 Å². The number of benzene rings is 1. The zero-order valence-electron chi connectivity index (χ0n) is 13.0. The maximum atomic E-state index is 12.2. The lowest BCUT2D eigenvalue weighted by molar-refractivity contribution is -0.117. The van der Waals surface area contributed by atoms with Crippen LogP contribution >= 0.6 is 0 Å². The normalized spacial score (nSPS) is 17.2. The first-order chi connectivity index (χ1) is 10.6. The molecule has 7 heteroatoms. The predicted molar refractivity (Wildman–Crippen MR) is 83.6 cm³/mol. The Hall–Kier alpha value is -1.99. The van der Waals surface area contributed by atoms with Crippen LogP contribution in [0.25, 0.3) is 11.0 Å². The number of piperazine rings is 1. The van der Waals surface area contributed by atoms with E-state index in [0.717, 1.165) is 26.2 Å². The smallest absolute Gasteiger partial charge is 0.238 e. The minimum atomic E-state index is -0.0338. The Morgan fingerprint density at radius 1 is 1.27 bits per heavy atom. The van der Waals surface area contributed by atoms with E-state index in [1.54, 1.807) is 12.1 Å². The molecular weight excluding hydrogens is 282 g/mol. The third kappa shape index (κ3) is 3.26. The summed E-state index contributed by atoms with van der Waals surface area (Å²) in [5.41, 5.74) is 1.87. The molecule has 0 radical (unpaired) electrons. The lowest BCUT2D eigenvalue weighted by Crippen LogP contribution is -2.50. The summed E-state index contributed by atoms with van der Waals surface area (Å²) >= 11 is 0. The Kier molecular flexibility index (Phi) is 4.35. The topological polar surface area (TPSA) is 74.5 Å². The molecule has 118 valence electrons. The van der Waals surface area contributed by atoms with Crippen LogP contribution in [-0.2, 0) is 4.79 Å². The van der Waals surface area contributed by atoms with Gasteiger partial charge in [0.2, 0.25) is 5.91 Å². The fourth-order valence-corrected chi connectivity index (χ4v) is 2.74. The largest absolute Gasteiger partial charge is 0.323 e. The van der Waals surface area contributed by atoms with Crippen LogP contribution in [0.3, 0.4) is 0 Å². The first kappa shape index (κ1) is 14.9. The van der Waals surface area contributed by atoms with Crippen molar-refractivity contribution in [2.45, 2.75) is 19.9 Å². The maximum absolute atomic E-state index is 12.2. The number of hydrogen-bond acceptors (Lipinski definition) is 6. The summed E-state index contributed by atoms with van der Waals surface area (Å²) in [7, 11) is 0. The van der Waals surface area contributed by atoms with E-state index in [0.29, 0.717) is 29.3 Å². The number of anilines is 1. The molecule has 1 fully saturated rings. The quantitative estimate of drug-likeness (QED) is 0.914. The van der Waals surface area contributed by atoms with Gasteiger partial charge in [-0.05, 0) is 36.3 Å². The number of rotatable bonds is 4. The van der Waals surface area contributed by atoms with Crippen molar-refractivity contribution in [1.29, 1.82) is 0 Å². The monoisotopic (exact) mass is 303 g/mol. The number of nitrogens with zero attached hydrogens (tertiary/aromatic N) is 4. The maximum Gasteiger partial charge on any atom is 0.238 e. The number of nitrogens with one attached hydrogen (secondary N) is 1. The van der Waals surface area contributed by atoms with E-state index in [-0.39, 0.29) is 5.91 Å². The predicted octanol–water partition coefficient (Wildman–Crippen LogP) is 1.19. The first-order valence-electron chi connectivity index (χ1n) is 7.61. The second kappa shape index (κ2) is 6.41. The summed E-state index contributed by atoms with van der Waals surface area (Å²) in [6.45, 7) is 8.65. The van der Waals surface area contributed by atoms with Gasteiger partial charge in [0.1, 0.15) is 5.52 Å². The van der Waals surface area contributed by atoms with Crippen molar-refractivity contribution in [1.82, 2.24) is 20.1 Å². The van der Waals surface area contributed by atoms with Gasteiger partial charge in [0.25, 0.3) is 0 Å². The van der Waals surface area contributed by atoms with Crippen molar-refractivity contribution in [3.05, 3.63) is 18.2 Å². The van der Waals surface area contributed by atoms with Gasteiger partial charge >= 0.3 is 0 Å². The fraction of sp³-hybridized carbons (Fsp3) is 0.533. The van der Waals surface area contributed by atoms with Crippen LogP contribution in [0.5, 0.6) is 0 Å². The van der Waals surface area contributed by atoms with E-state index in [4.69, 9.17) is 4.63 Å². The van der Waals surface area contributed by atoms with Gasteiger partial charge in [-0.3, -0.25) is 14.6 Å². The number of aromatic nitrogens is 2. The average molecular weight is 303 g/mol. The molecule has 1 aliphatic heterocycles. The molecule has 7 nitrogen and oxygen atoms in total. The van der Waals surface area contributed by atoms with E-state index < -0.39 is 0 Å². The van der Waals surface area contributed by atoms with Gasteiger partial charge in [-0.15, -0.1) is 0 Å². The second-order valence-corrected chi connectivity index (χ2v) is 5.89. The Balaban J connectivity index is 1.56. The average Bonchev–Trinajstić information content (AvgIpc) is 2.97. The standard InChI is InChI=1S/C15H21N5O2/c1-11(2)20-8-6-19(7-9-20)10-14(21)16-12-4-3-5-13-15(12)18-22-17-13/h3-5,11H,6-10H2,1-2H3,(H,16,21). The highest BCUT2D eigenvalue weighted by Gasteiger charge is 2.20. The van der Waals surface area contributed by atoms with Crippen LogP contribution in [0, 0.1) is 0 Å². The van der Waals surface area contributed by atoms with Crippen LogP contribution in [0.15, 0.2) is 22.8 Å². The molecule has 1 aliphatic rings. The van der Waals surface area contributed by atoms with Crippen molar-refractivity contribution in [3.63, 3.8) is 0 Å². The SMILES string of the molecule is CC(C)N1CCN(CC(=O)Nc2cccc3nonc23)CC1. The van der Waals surface area contributed by atoms with Crippen LogP contribution in [0.1, 0.15) is 13.8 Å². The minimum absolute atomic E-state index is 0.0338. The van der Waals surface area contributed by atoms with Crippen LogP contribution in [0.4, 0.5) is 5.69 Å². The van der Waals surface area contributed by atoms with E-state index in [1.165, 1.54) is 0 Å². The summed E-state index contributed by atoms with van der Waals surface area (Å²) in [6.07, 6.45) is 0. The second-order valence-electron chi connectivity index (χ2n) is 5.89. The lowest BCUT2D eigenvalue weighted by atomic mass is 10.2. The van der Waals surface area contributed by atoms with E-state index in [2.05, 4.69) is 39.3 Å². The Morgan fingerprint density at radius 2 is 2.05 bits per heavy atom. The van der Waals surface area contributed by atoms with E-state index in [9.17, 15) is 4.79 Å². The molecule has 2 aromatic rings. The highest BCUT2D eigenvalue weighted by atomic mass is 16.6. The minimum Gasteiger partial charge on any atom is -0.323 e. The Bertz CT molecular complexity index is 646. The summed E-state index contributed by atoms with van der Waals surface area (Å²) in [5, 5.41) is 10.5. The van der Waals surface area contributed by atoms with Crippen molar-refractivity contribution in [3.8, 4) is 0 Å². The Morgan fingerprint density at radius 3 is 2.77 bits per heavy atom. The van der Waals surface area contributed by atoms with Gasteiger partial charge in [-0.2, -0.15) is 0 Å². The van der Waals surface area contributed by atoms with E-state index >= 15 is 0 Å². The number of fused-ring (bicyclic) bond motifs is 1. The number of hydrogen-bond donors (Lipinski definition) is 1. The molecule has 2 heterocycles. The number of carbonyl (C=O) groups is 1. The van der Waals surface area contributed by atoms with Crippen molar-refractivity contribution >= 4 is 22.6 Å². The van der Waals surface area contributed by atoms with Crippen molar-refractivity contribution in [2.24, 2.45) is 0 Å². The van der Waals surface area contributed by atoms with Gasteiger partial charge in [0, 0.05) is 32.2 Å². The summed E-state index contributed by atoms with van der Waals surface area (Å²) in [6, 6.07) is 5.99. The van der Waals surface area contributed by atoms with Crippen LogP contribution in [0.2, 0.25) is 0 Å². The molecule has 3 rings (SSSR count). The molecule has 1 aromatic carbocycles. The fourth-order valence-electron chi connectivity index (χ4n) is 2.74. The molecule has 1 N–H and O–H groups in total. The summed E-state index contributed by atoms with van der Waals surface area (Å²) in [4.78, 5) is 16.8. The molecule has 0 saturated carbocycles. The first-order valence-corrected chi connectivity index (χ1v) is 7.61. The van der Waals surface area contributed by atoms with Crippen LogP contribution in [-0.4, -0.2) is 64.8 Å². The van der Waals surface area contributed by atoms with Crippen molar-refractivity contribution < 1.29 is 9.42 Å². The zero-order chi connectivity index (χ0) is 15.5. The highest BCUT2D eigenvalue weighted by Crippen LogP contribution is 2.19. The molecule has 0 atom stereocenters. The van der Waals surface area contributed by atoms with Gasteiger partial charge in [-0.25, -0.2) is 4.63 Å². The van der Waals surface area contributed by atoms with Gasteiger partial charge in [-0.1, -0.05) is 6.07 Å². The molecule has 0 unspecified atom stereocenters. The molecule has 1 amide bonds. The summed E-state index contributed by atoms with van der Waals surface area (Å²) < 4.78 is 4.70. The van der Waals surface area contributed by atoms with Crippen LogP contribution < -0.4 is 5.32 Å². The molecular formula is C15H21N5O2. The number of amides is 1. The molecule has 0 aliphatic carbocycles. The highest BCUT2D eigenvalue weighted by molar-refractivity contribution is 5.99. The zero-order valence-corrected chi connectivity index (χ0v) is 13.0. The molecule has 1 saturated heterocycles. The Labute approximate surface area is 129 Å². The third-order valence-electron chi connectivity index (χ3n) is 4.06. The number of carbonyl (C=O) groups excluding carboxylic acids is 1. The summed E-state index contributed by atoms with van der Waals surface area (Å²) in [5.74, 6) is -0.0338. The van der Waals surface area contributed by atoms with Gasteiger partial charge < -0.3 is 5.32 Å². The van der Waals surface area contributed by atoms with E-state index in [1.807, 2.05) is 6.07 Å².